The third-order valence-electron chi connectivity index (χ3n) is 1.87. The molecule has 0 aliphatic rings. The molecule has 0 amide bonds. The predicted octanol–water partition coefficient (Wildman–Crippen LogP) is 0.566. The number of ether oxygens (including phenoxy) is 1. The molecule has 1 heterocycles. The molecule has 0 aliphatic carbocycles. The Bertz CT molecular complexity index is 351. The molecule has 0 spiro atoms. The zero-order valence-electron chi connectivity index (χ0n) is 8.74. The van der Waals surface area contributed by atoms with Crippen LogP contribution >= 0.6 is 0 Å². The summed E-state index contributed by atoms with van der Waals surface area (Å²) in [5.74, 6) is -0.621. The summed E-state index contributed by atoms with van der Waals surface area (Å²) < 4.78 is 19.5. The number of aryl methyl sites for hydroxylation is 1. The Morgan fingerprint density at radius 3 is 3.00 bits per heavy atom. The number of esters is 1. The Morgan fingerprint density at radius 2 is 2.47 bits per heavy atom. The summed E-state index contributed by atoms with van der Waals surface area (Å²) in [6.07, 6.45) is 0.0437. The lowest BCUT2D eigenvalue weighted by atomic mass is 10.1. The molecule has 84 valence electrons. The predicted molar refractivity (Wildman–Crippen MR) is 52.1 cm³/mol. The van der Waals surface area contributed by atoms with Crippen LogP contribution in [0.2, 0.25) is 0 Å². The molecule has 5 nitrogen and oxygen atoms in total. The number of carbonyl (C=O) groups is 1. The van der Waals surface area contributed by atoms with Crippen LogP contribution in [0, 0.1) is 0 Å². The maximum atomic E-state index is 13.4. The fourth-order valence-electron chi connectivity index (χ4n) is 1.22. The molecule has 1 unspecified atom stereocenters. The van der Waals surface area contributed by atoms with Crippen molar-refractivity contribution < 1.29 is 13.9 Å². The maximum absolute atomic E-state index is 13.4. The number of carbonyl (C=O) groups excluding carboxylic acids is 1. The largest absolute Gasteiger partial charge is 0.461 e. The SMILES string of the molecule is CCOC(=O)c1nn(C)cc1C(F)CN. The van der Waals surface area contributed by atoms with Crippen molar-refractivity contribution in [3.8, 4) is 0 Å². The van der Waals surface area contributed by atoms with E-state index in [9.17, 15) is 9.18 Å². The van der Waals surface area contributed by atoms with Crippen LogP contribution in [0.15, 0.2) is 6.20 Å². The molecule has 0 aromatic carbocycles. The van der Waals surface area contributed by atoms with Gasteiger partial charge in [0.1, 0.15) is 6.17 Å². The third-order valence-corrected chi connectivity index (χ3v) is 1.87. The van der Waals surface area contributed by atoms with E-state index in [-0.39, 0.29) is 24.4 Å². The lowest BCUT2D eigenvalue weighted by Crippen LogP contribution is -2.13. The van der Waals surface area contributed by atoms with Gasteiger partial charge in [0.2, 0.25) is 0 Å². The van der Waals surface area contributed by atoms with Gasteiger partial charge in [-0.25, -0.2) is 9.18 Å². The molecule has 1 aromatic heterocycles. The molecule has 2 N–H and O–H groups in total. The number of aromatic nitrogens is 2. The van der Waals surface area contributed by atoms with Crippen molar-refractivity contribution in [1.82, 2.24) is 9.78 Å². The normalized spacial score (nSPS) is 12.5. The number of rotatable bonds is 4. The molecule has 1 atom stereocenters. The van der Waals surface area contributed by atoms with E-state index in [0.717, 1.165) is 0 Å². The molecule has 6 heteroatoms. The molecule has 1 rings (SSSR count). The summed E-state index contributed by atoms with van der Waals surface area (Å²) in [5, 5.41) is 3.84. The summed E-state index contributed by atoms with van der Waals surface area (Å²) in [4.78, 5) is 11.4. The Kier molecular flexibility index (Phi) is 3.79. The molecule has 1 aromatic rings. The van der Waals surface area contributed by atoms with E-state index in [4.69, 9.17) is 10.5 Å². The van der Waals surface area contributed by atoms with Crippen molar-refractivity contribution in [1.29, 1.82) is 0 Å². The Hall–Kier alpha value is -1.43. The minimum atomic E-state index is -1.39. The topological polar surface area (TPSA) is 70.1 Å². The zero-order chi connectivity index (χ0) is 11.4. The molecule has 0 fully saturated rings. The van der Waals surface area contributed by atoms with Gasteiger partial charge in [-0.15, -0.1) is 0 Å². The minimum absolute atomic E-state index is 0.00250. The molecular formula is C9H14FN3O2. The molecule has 0 saturated heterocycles. The molecule has 0 aliphatic heterocycles. The van der Waals surface area contributed by atoms with E-state index in [1.807, 2.05) is 0 Å². The summed E-state index contributed by atoms with van der Waals surface area (Å²) in [6.45, 7) is 1.73. The first-order chi connectivity index (χ1) is 7.10. The van der Waals surface area contributed by atoms with Gasteiger partial charge in [0.25, 0.3) is 0 Å². The summed E-state index contributed by atoms with van der Waals surface area (Å²) in [5.41, 5.74) is 5.37. The van der Waals surface area contributed by atoms with E-state index in [0.29, 0.717) is 0 Å². The lowest BCUT2D eigenvalue weighted by molar-refractivity contribution is 0.0515. The molecule has 15 heavy (non-hydrogen) atoms. The standard InChI is InChI=1S/C9H14FN3O2/c1-3-15-9(14)8-6(7(10)4-11)5-13(2)12-8/h5,7H,3-4,11H2,1-2H3. The lowest BCUT2D eigenvalue weighted by Gasteiger charge is -2.04. The van der Waals surface area contributed by atoms with E-state index in [2.05, 4.69) is 5.10 Å². The number of nitrogens with two attached hydrogens (primary N) is 1. The Balaban J connectivity index is 3.00. The van der Waals surface area contributed by atoms with E-state index in [1.165, 1.54) is 10.9 Å². The maximum Gasteiger partial charge on any atom is 0.359 e. The number of nitrogens with zero attached hydrogens (tertiary/aromatic N) is 2. The van der Waals surface area contributed by atoms with Crippen molar-refractivity contribution in [2.24, 2.45) is 12.8 Å². The van der Waals surface area contributed by atoms with Crippen molar-refractivity contribution >= 4 is 5.97 Å². The fourth-order valence-corrected chi connectivity index (χ4v) is 1.22. The number of alkyl halides is 1. The Morgan fingerprint density at radius 1 is 1.80 bits per heavy atom. The van der Waals surface area contributed by atoms with Crippen molar-refractivity contribution in [3.63, 3.8) is 0 Å². The first-order valence-electron chi connectivity index (χ1n) is 4.65. The first-order valence-corrected chi connectivity index (χ1v) is 4.65. The molecule has 0 bridgehead atoms. The van der Waals surface area contributed by atoms with Crippen molar-refractivity contribution in [2.75, 3.05) is 13.2 Å². The highest BCUT2D eigenvalue weighted by Crippen LogP contribution is 2.20. The van der Waals surface area contributed by atoms with Gasteiger partial charge in [0.05, 0.1) is 6.61 Å². The van der Waals surface area contributed by atoms with Crippen LogP contribution < -0.4 is 5.73 Å². The van der Waals surface area contributed by atoms with E-state index >= 15 is 0 Å². The summed E-state index contributed by atoms with van der Waals surface area (Å²) >= 11 is 0. The number of hydrogen-bond acceptors (Lipinski definition) is 4. The van der Waals surface area contributed by atoms with Gasteiger partial charge < -0.3 is 10.5 Å². The van der Waals surface area contributed by atoms with Gasteiger partial charge in [0, 0.05) is 25.4 Å². The zero-order valence-corrected chi connectivity index (χ0v) is 8.74. The highest BCUT2D eigenvalue weighted by molar-refractivity contribution is 5.89. The average Bonchev–Trinajstić information content (AvgIpc) is 2.59. The van der Waals surface area contributed by atoms with Crippen molar-refractivity contribution in [2.45, 2.75) is 13.1 Å². The van der Waals surface area contributed by atoms with Crippen molar-refractivity contribution in [3.05, 3.63) is 17.5 Å². The van der Waals surface area contributed by atoms with Gasteiger partial charge in [-0.2, -0.15) is 5.10 Å². The molecule has 0 saturated carbocycles. The van der Waals surface area contributed by atoms with Gasteiger partial charge in [-0.3, -0.25) is 4.68 Å². The van der Waals surface area contributed by atoms with Crippen LogP contribution in [0.1, 0.15) is 29.1 Å². The van der Waals surface area contributed by atoms with Crippen LogP contribution in [0.3, 0.4) is 0 Å². The smallest absolute Gasteiger partial charge is 0.359 e. The highest BCUT2D eigenvalue weighted by Gasteiger charge is 2.22. The quantitative estimate of drug-likeness (QED) is 0.745. The van der Waals surface area contributed by atoms with Crippen LogP contribution in [0.25, 0.3) is 0 Å². The van der Waals surface area contributed by atoms with Crippen LogP contribution in [-0.2, 0) is 11.8 Å². The van der Waals surface area contributed by atoms with Gasteiger partial charge in [-0.05, 0) is 6.92 Å². The van der Waals surface area contributed by atoms with Gasteiger partial charge in [0.15, 0.2) is 5.69 Å². The van der Waals surface area contributed by atoms with E-state index < -0.39 is 12.1 Å². The van der Waals surface area contributed by atoms with Crippen LogP contribution in [0.5, 0.6) is 0 Å². The number of halogens is 1. The summed E-state index contributed by atoms with van der Waals surface area (Å²) in [7, 11) is 1.61. The second-order valence-electron chi connectivity index (χ2n) is 3.03. The van der Waals surface area contributed by atoms with Gasteiger partial charge in [-0.1, -0.05) is 0 Å². The van der Waals surface area contributed by atoms with Crippen LogP contribution in [-0.4, -0.2) is 28.9 Å². The highest BCUT2D eigenvalue weighted by atomic mass is 19.1. The minimum Gasteiger partial charge on any atom is -0.461 e. The first kappa shape index (κ1) is 11.6. The summed E-state index contributed by atoms with van der Waals surface area (Å²) in [6, 6.07) is 0. The average molecular weight is 215 g/mol. The Labute approximate surface area is 87.0 Å². The monoisotopic (exact) mass is 215 g/mol. The molecule has 0 radical (unpaired) electrons. The number of hydrogen-bond donors (Lipinski definition) is 1. The third kappa shape index (κ3) is 2.53. The van der Waals surface area contributed by atoms with E-state index in [1.54, 1.807) is 14.0 Å². The second-order valence-corrected chi connectivity index (χ2v) is 3.03. The van der Waals surface area contributed by atoms with Crippen LogP contribution in [0.4, 0.5) is 4.39 Å². The second kappa shape index (κ2) is 4.88. The fraction of sp³-hybridized carbons (Fsp3) is 0.556. The van der Waals surface area contributed by atoms with Gasteiger partial charge >= 0.3 is 5.97 Å². The molecular weight excluding hydrogens is 201 g/mol.